The molecule has 0 saturated carbocycles. The molecular formula is C10H9N5O. The molecule has 80 valence electrons. The summed E-state index contributed by atoms with van der Waals surface area (Å²) < 4.78 is 5.12. The summed E-state index contributed by atoms with van der Waals surface area (Å²) in [5.41, 5.74) is 7.06. The molecule has 16 heavy (non-hydrogen) atoms. The van der Waals surface area contributed by atoms with Gasteiger partial charge in [0.15, 0.2) is 5.82 Å². The SMILES string of the molecule is NCc1noc(-c2c[nH]c3ncccc23)n1. The molecule has 0 amide bonds. The second-order valence-electron chi connectivity index (χ2n) is 3.32. The maximum Gasteiger partial charge on any atom is 0.260 e. The van der Waals surface area contributed by atoms with Gasteiger partial charge in [-0.15, -0.1) is 0 Å². The van der Waals surface area contributed by atoms with Crippen LogP contribution in [-0.2, 0) is 6.54 Å². The summed E-state index contributed by atoms with van der Waals surface area (Å²) in [6.07, 6.45) is 3.52. The minimum atomic E-state index is 0.268. The normalized spacial score (nSPS) is 11.1. The van der Waals surface area contributed by atoms with E-state index in [-0.39, 0.29) is 6.54 Å². The van der Waals surface area contributed by atoms with Gasteiger partial charge in [0.05, 0.1) is 12.1 Å². The molecule has 0 aromatic carbocycles. The molecule has 0 spiro atoms. The first-order valence-electron chi connectivity index (χ1n) is 4.83. The van der Waals surface area contributed by atoms with E-state index in [1.54, 1.807) is 12.4 Å². The fraction of sp³-hybridized carbons (Fsp3) is 0.100. The number of rotatable bonds is 2. The molecule has 0 radical (unpaired) electrons. The average molecular weight is 215 g/mol. The zero-order chi connectivity index (χ0) is 11.0. The molecule has 0 aliphatic rings. The van der Waals surface area contributed by atoms with Crippen molar-refractivity contribution in [3.8, 4) is 11.5 Å². The predicted octanol–water partition coefficient (Wildman–Crippen LogP) is 1.07. The number of pyridine rings is 1. The quantitative estimate of drug-likeness (QED) is 0.666. The molecule has 0 bridgehead atoms. The Labute approximate surface area is 90.5 Å². The van der Waals surface area contributed by atoms with Gasteiger partial charge in [0.2, 0.25) is 0 Å². The van der Waals surface area contributed by atoms with Crippen LogP contribution in [0.5, 0.6) is 0 Å². The second kappa shape index (κ2) is 3.42. The summed E-state index contributed by atoms with van der Waals surface area (Å²) in [6.45, 7) is 0.268. The molecule has 3 heterocycles. The minimum absolute atomic E-state index is 0.268. The van der Waals surface area contributed by atoms with Crippen LogP contribution < -0.4 is 5.73 Å². The lowest BCUT2D eigenvalue weighted by Crippen LogP contribution is -1.97. The number of nitrogens with one attached hydrogen (secondary N) is 1. The van der Waals surface area contributed by atoms with Crippen molar-refractivity contribution >= 4 is 11.0 Å². The van der Waals surface area contributed by atoms with E-state index in [2.05, 4.69) is 20.1 Å². The first-order valence-corrected chi connectivity index (χ1v) is 4.83. The lowest BCUT2D eigenvalue weighted by molar-refractivity contribution is 0.423. The fourth-order valence-electron chi connectivity index (χ4n) is 1.58. The number of nitrogens with two attached hydrogens (primary N) is 1. The monoisotopic (exact) mass is 215 g/mol. The number of aromatic nitrogens is 4. The number of hydrogen-bond donors (Lipinski definition) is 2. The molecule has 3 aromatic heterocycles. The van der Waals surface area contributed by atoms with E-state index >= 15 is 0 Å². The van der Waals surface area contributed by atoms with Crippen LogP contribution in [0.4, 0.5) is 0 Å². The summed E-state index contributed by atoms with van der Waals surface area (Å²) in [7, 11) is 0. The zero-order valence-electron chi connectivity index (χ0n) is 8.34. The van der Waals surface area contributed by atoms with E-state index in [1.807, 2.05) is 12.1 Å². The highest BCUT2D eigenvalue weighted by atomic mass is 16.5. The summed E-state index contributed by atoms with van der Waals surface area (Å²) in [5, 5.41) is 4.71. The van der Waals surface area contributed by atoms with E-state index < -0.39 is 0 Å². The Morgan fingerprint density at radius 3 is 3.19 bits per heavy atom. The molecule has 0 fully saturated rings. The zero-order valence-corrected chi connectivity index (χ0v) is 8.34. The first kappa shape index (κ1) is 9.05. The van der Waals surface area contributed by atoms with Crippen molar-refractivity contribution in [1.82, 2.24) is 20.1 Å². The van der Waals surface area contributed by atoms with Gasteiger partial charge in [-0.25, -0.2) is 4.98 Å². The lowest BCUT2D eigenvalue weighted by atomic mass is 10.2. The van der Waals surface area contributed by atoms with Crippen molar-refractivity contribution in [1.29, 1.82) is 0 Å². The van der Waals surface area contributed by atoms with Crippen LogP contribution in [0.2, 0.25) is 0 Å². The maximum atomic E-state index is 5.42. The lowest BCUT2D eigenvalue weighted by Gasteiger charge is -1.89. The third-order valence-corrected chi connectivity index (χ3v) is 2.33. The van der Waals surface area contributed by atoms with E-state index in [0.717, 1.165) is 16.6 Å². The third kappa shape index (κ3) is 1.28. The fourth-order valence-corrected chi connectivity index (χ4v) is 1.58. The number of H-pyrrole nitrogens is 1. The van der Waals surface area contributed by atoms with Crippen LogP contribution in [-0.4, -0.2) is 20.1 Å². The molecule has 0 atom stereocenters. The van der Waals surface area contributed by atoms with Gasteiger partial charge in [-0.05, 0) is 12.1 Å². The van der Waals surface area contributed by atoms with Gasteiger partial charge >= 0.3 is 0 Å². The smallest absolute Gasteiger partial charge is 0.260 e. The van der Waals surface area contributed by atoms with Crippen molar-refractivity contribution < 1.29 is 4.52 Å². The number of nitrogens with zero attached hydrogens (tertiary/aromatic N) is 3. The molecule has 6 nitrogen and oxygen atoms in total. The van der Waals surface area contributed by atoms with Crippen molar-refractivity contribution in [2.75, 3.05) is 0 Å². The van der Waals surface area contributed by atoms with Gasteiger partial charge in [0.1, 0.15) is 5.65 Å². The highest BCUT2D eigenvalue weighted by molar-refractivity contribution is 5.90. The van der Waals surface area contributed by atoms with Crippen LogP contribution in [0.15, 0.2) is 29.0 Å². The highest BCUT2D eigenvalue weighted by Gasteiger charge is 2.12. The molecule has 3 rings (SSSR count). The van der Waals surface area contributed by atoms with Crippen LogP contribution in [0.1, 0.15) is 5.82 Å². The predicted molar refractivity (Wildman–Crippen MR) is 57.3 cm³/mol. The number of aromatic amines is 1. The van der Waals surface area contributed by atoms with Gasteiger partial charge in [-0.2, -0.15) is 4.98 Å². The minimum Gasteiger partial charge on any atom is -0.345 e. The molecule has 3 N–H and O–H groups in total. The van der Waals surface area contributed by atoms with Crippen LogP contribution in [0, 0.1) is 0 Å². The summed E-state index contributed by atoms with van der Waals surface area (Å²) >= 11 is 0. The molecule has 3 aromatic rings. The Balaban J connectivity index is 2.18. The Hall–Kier alpha value is -2.21. The Kier molecular flexibility index (Phi) is 1.94. The van der Waals surface area contributed by atoms with Crippen LogP contribution in [0.25, 0.3) is 22.5 Å². The van der Waals surface area contributed by atoms with E-state index in [4.69, 9.17) is 10.3 Å². The molecule has 0 saturated heterocycles. The average Bonchev–Trinajstić information content (AvgIpc) is 2.94. The summed E-state index contributed by atoms with van der Waals surface area (Å²) in [5.74, 6) is 0.952. The van der Waals surface area contributed by atoms with Gasteiger partial charge in [0, 0.05) is 17.8 Å². The van der Waals surface area contributed by atoms with Crippen molar-refractivity contribution in [3.63, 3.8) is 0 Å². The Morgan fingerprint density at radius 1 is 1.44 bits per heavy atom. The topological polar surface area (TPSA) is 93.6 Å². The van der Waals surface area contributed by atoms with Crippen LogP contribution >= 0.6 is 0 Å². The first-order chi connectivity index (χ1) is 7.88. The molecule has 6 heteroatoms. The Morgan fingerprint density at radius 2 is 2.38 bits per heavy atom. The summed E-state index contributed by atoms with van der Waals surface area (Å²) in [4.78, 5) is 11.4. The van der Waals surface area contributed by atoms with Gasteiger partial charge < -0.3 is 15.2 Å². The largest absolute Gasteiger partial charge is 0.345 e. The van der Waals surface area contributed by atoms with Gasteiger partial charge in [-0.3, -0.25) is 0 Å². The van der Waals surface area contributed by atoms with E-state index in [9.17, 15) is 0 Å². The van der Waals surface area contributed by atoms with Crippen molar-refractivity contribution in [3.05, 3.63) is 30.4 Å². The molecule has 0 aliphatic carbocycles. The summed E-state index contributed by atoms with van der Waals surface area (Å²) in [6, 6.07) is 3.81. The van der Waals surface area contributed by atoms with E-state index in [1.165, 1.54) is 0 Å². The highest BCUT2D eigenvalue weighted by Crippen LogP contribution is 2.25. The number of fused-ring (bicyclic) bond motifs is 1. The molecule has 0 aliphatic heterocycles. The van der Waals surface area contributed by atoms with E-state index in [0.29, 0.717) is 11.7 Å². The third-order valence-electron chi connectivity index (χ3n) is 2.33. The number of hydrogen-bond acceptors (Lipinski definition) is 5. The van der Waals surface area contributed by atoms with Crippen LogP contribution in [0.3, 0.4) is 0 Å². The molecule has 0 unspecified atom stereocenters. The maximum absolute atomic E-state index is 5.42. The second-order valence-corrected chi connectivity index (χ2v) is 3.32. The van der Waals surface area contributed by atoms with Gasteiger partial charge in [0.25, 0.3) is 5.89 Å². The van der Waals surface area contributed by atoms with Crippen molar-refractivity contribution in [2.24, 2.45) is 5.73 Å². The standard InChI is InChI=1S/C10H9N5O/c11-4-8-14-10(16-15-8)7-5-13-9-6(7)2-1-3-12-9/h1-3,5H,4,11H2,(H,12,13). The van der Waals surface area contributed by atoms with Crippen molar-refractivity contribution in [2.45, 2.75) is 6.54 Å². The Bertz CT molecular complexity index is 627. The molecular weight excluding hydrogens is 206 g/mol. The van der Waals surface area contributed by atoms with Gasteiger partial charge in [-0.1, -0.05) is 5.16 Å².